The SMILES string of the molecule is CNS(=O)(=O)c1ccc(N2CCCC(O)C2)cc1N. The van der Waals surface area contributed by atoms with Gasteiger partial charge >= 0.3 is 0 Å². The highest BCUT2D eigenvalue weighted by Crippen LogP contribution is 2.26. The number of β-amino-alcohol motifs (C(OH)–C–C–N with tert-alkyl or cyclic N) is 1. The van der Waals surface area contributed by atoms with Gasteiger partial charge in [0.15, 0.2) is 0 Å². The Balaban J connectivity index is 2.29. The largest absolute Gasteiger partial charge is 0.398 e. The Hall–Kier alpha value is -1.31. The molecule has 1 unspecified atom stereocenters. The summed E-state index contributed by atoms with van der Waals surface area (Å²) in [6.07, 6.45) is 1.38. The Kier molecular flexibility index (Phi) is 3.98. The maximum Gasteiger partial charge on any atom is 0.242 e. The van der Waals surface area contributed by atoms with E-state index in [0.29, 0.717) is 6.54 Å². The number of piperidine rings is 1. The molecule has 1 aromatic carbocycles. The fraction of sp³-hybridized carbons (Fsp3) is 0.500. The predicted octanol–water partition coefficient (Wildman–Crippen LogP) is 0.138. The fourth-order valence-electron chi connectivity index (χ4n) is 2.28. The van der Waals surface area contributed by atoms with Crippen LogP contribution < -0.4 is 15.4 Å². The molecule has 6 nitrogen and oxygen atoms in total. The Labute approximate surface area is 113 Å². The minimum Gasteiger partial charge on any atom is -0.398 e. The number of anilines is 2. The maximum absolute atomic E-state index is 11.7. The van der Waals surface area contributed by atoms with Crippen LogP contribution in [0.15, 0.2) is 23.1 Å². The van der Waals surface area contributed by atoms with Crippen LogP contribution in [0.2, 0.25) is 0 Å². The van der Waals surface area contributed by atoms with Crippen LogP contribution in [0.4, 0.5) is 11.4 Å². The second kappa shape index (κ2) is 5.36. The van der Waals surface area contributed by atoms with E-state index >= 15 is 0 Å². The summed E-state index contributed by atoms with van der Waals surface area (Å²) in [5.41, 5.74) is 6.87. The number of nitrogens with zero attached hydrogens (tertiary/aromatic N) is 1. The van der Waals surface area contributed by atoms with Crippen molar-refractivity contribution in [1.82, 2.24) is 4.72 Å². The minimum absolute atomic E-state index is 0.0799. The maximum atomic E-state index is 11.7. The van der Waals surface area contributed by atoms with Gasteiger partial charge in [0.05, 0.1) is 11.8 Å². The number of benzene rings is 1. The van der Waals surface area contributed by atoms with Gasteiger partial charge < -0.3 is 15.7 Å². The zero-order chi connectivity index (χ0) is 14.0. The first-order valence-electron chi connectivity index (χ1n) is 6.20. The number of hydrogen-bond donors (Lipinski definition) is 3. The summed E-state index contributed by atoms with van der Waals surface area (Å²) in [6.45, 7) is 1.40. The molecule has 7 heteroatoms. The van der Waals surface area contributed by atoms with E-state index in [9.17, 15) is 13.5 Å². The zero-order valence-electron chi connectivity index (χ0n) is 10.8. The van der Waals surface area contributed by atoms with E-state index in [4.69, 9.17) is 5.73 Å². The number of aliphatic hydroxyl groups excluding tert-OH is 1. The summed E-state index contributed by atoms with van der Waals surface area (Å²) in [6, 6.07) is 4.86. The first kappa shape index (κ1) is 14.1. The highest BCUT2D eigenvalue weighted by atomic mass is 32.2. The quantitative estimate of drug-likeness (QED) is 0.687. The van der Waals surface area contributed by atoms with Crippen LogP contribution in [-0.4, -0.2) is 39.8 Å². The van der Waals surface area contributed by atoms with E-state index in [1.165, 1.54) is 13.1 Å². The van der Waals surface area contributed by atoms with Gasteiger partial charge in [0.25, 0.3) is 0 Å². The van der Waals surface area contributed by atoms with Gasteiger partial charge in [-0.2, -0.15) is 0 Å². The third-order valence-electron chi connectivity index (χ3n) is 3.31. The molecule has 0 radical (unpaired) electrons. The van der Waals surface area contributed by atoms with Crippen LogP contribution in [0.25, 0.3) is 0 Å². The summed E-state index contributed by atoms with van der Waals surface area (Å²) in [5.74, 6) is 0. The summed E-state index contributed by atoms with van der Waals surface area (Å²) >= 11 is 0. The van der Waals surface area contributed by atoms with Crippen LogP contribution in [0.1, 0.15) is 12.8 Å². The minimum atomic E-state index is -3.53. The lowest BCUT2D eigenvalue weighted by molar-refractivity contribution is 0.154. The highest BCUT2D eigenvalue weighted by Gasteiger charge is 2.20. The smallest absolute Gasteiger partial charge is 0.242 e. The highest BCUT2D eigenvalue weighted by molar-refractivity contribution is 7.89. The molecular weight excluding hydrogens is 266 g/mol. The lowest BCUT2D eigenvalue weighted by Gasteiger charge is -2.32. The van der Waals surface area contributed by atoms with E-state index in [1.807, 2.05) is 4.90 Å². The molecule has 19 heavy (non-hydrogen) atoms. The lowest BCUT2D eigenvalue weighted by Crippen LogP contribution is -2.38. The average Bonchev–Trinajstić information content (AvgIpc) is 2.38. The van der Waals surface area contributed by atoms with E-state index < -0.39 is 10.0 Å². The number of aliphatic hydroxyl groups is 1. The van der Waals surface area contributed by atoms with Crippen molar-refractivity contribution in [1.29, 1.82) is 0 Å². The van der Waals surface area contributed by atoms with Crippen molar-refractivity contribution < 1.29 is 13.5 Å². The average molecular weight is 285 g/mol. The molecule has 0 bridgehead atoms. The van der Waals surface area contributed by atoms with Crippen molar-refractivity contribution in [3.8, 4) is 0 Å². The van der Waals surface area contributed by atoms with Gasteiger partial charge in [-0.15, -0.1) is 0 Å². The molecule has 1 heterocycles. The van der Waals surface area contributed by atoms with Gasteiger partial charge in [0.2, 0.25) is 10.0 Å². The molecule has 0 aromatic heterocycles. The van der Waals surface area contributed by atoms with E-state index in [-0.39, 0.29) is 16.7 Å². The van der Waals surface area contributed by atoms with Crippen molar-refractivity contribution in [3.63, 3.8) is 0 Å². The zero-order valence-corrected chi connectivity index (χ0v) is 11.7. The van der Waals surface area contributed by atoms with Gasteiger partial charge in [-0.05, 0) is 38.1 Å². The van der Waals surface area contributed by atoms with Gasteiger partial charge in [0.1, 0.15) is 4.90 Å². The summed E-state index contributed by atoms with van der Waals surface area (Å²) in [4.78, 5) is 2.09. The molecular formula is C12H19N3O3S. The molecule has 1 saturated heterocycles. The molecule has 0 spiro atoms. The van der Waals surface area contributed by atoms with E-state index in [2.05, 4.69) is 4.72 Å². The van der Waals surface area contributed by atoms with Crippen molar-refractivity contribution in [2.75, 3.05) is 30.8 Å². The van der Waals surface area contributed by atoms with Gasteiger partial charge in [-0.1, -0.05) is 0 Å². The topological polar surface area (TPSA) is 95.7 Å². The Morgan fingerprint density at radius 3 is 2.79 bits per heavy atom. The first-order chi connectivity index (χ1) is 8.94. The molecule has 0 saturated carbocycles. The van der Waals surface area contributed by atoms with Crippen LogP contribution in [0.3, 0.4) is 0 Å². The van der Waals surface area contributed by atoms with Gasteiger partial charge in [-0.25, -0.2) is 13.1 Å². The molecule has 0 aliphatic carbocycles. The number of rotatable bonds is 3. The third kappa shape index (κ3) is 2.99. The second-order valence-electron chi connectivity index (χ2n) is 4.67. The summed E-state index contributed by atoms with van der Waals surface area (Å²) in [5, 5.41) is 9.65. The number of nitrogens with one attached hydrogen (secondary N) is 1. The van der Waals surface area contributed by atoms with Crippen LogP contribution in [0, 0.1) is 0 Å². The number of nitrogens with two attached hydrogens (primary N) is 1. The molecule has 106 valence electrons. The van der Waals surface area contributed by atoms with Crippen molar-refractivity contribution in [3.05, 3.63) is 18.2 Å². The molecule has 4 N–H and O–H groups in total. The van der Waals surface area contributed by atoms with E-state index in [1.54, 1.807) is 12.1 Å². The van der Waals surface area contributed by atoms with Gasteiger partial charge in [0, 0.05) is 18.8 Å². The fourth-order valence-corrected chi connectivity index (χ4v) is 3.11. The molecule has 1 fully saturated rings. The van der Waals surface area contributed by atoms with Crippen LogP contribution >= 0.6 is 0 Å². The molecule has 1 aromatic rings. The molecule has 0 amide bonds. The van der Waals surface area contributed by atoms with Crippen molar-refractivity contribution in [2.45, 2.75) is 23.8 Å². The molecule has 1 aliphatic heterocycles. The van der Waals surface area contributed by atoms with Gasteiger partial charge in [-0.3, -0.25) is 0 Å². The third-order valence-corrected chi connectivity index (χ3v) is 4.80. The first-order valence-corrected chi connectivity index (χ1v) is 7.68. The number of sulfonamides is 1. The standard InChI is InChI=1S/C12H19N3O3S/c1-14-19(17,18)12-5-4-9(7-11(12)13)15-6-2-3-10(16)8-15/h4-5,7,10,14,16H,2-3,6,8,13H2,1H3. The Bertz CT molecular complexity index is 559. The van der Waals surface area contributed by atoms with E-state index in [0.717, 1.165) is 25.1 Å². The number of hydrogen-bond acceptors (Lipinski definition) is 5. The molecule has 1 aliphatic rings. The van der Waals surface area contributed by atoms with Crippen LogP contribution in [-0.2, 0) is 10.0 Å². The molecule has 1 atom stereocenters. The Morgan fingerprint density at radius 1 is 1.47 bits per heavy atom. The summed E-state index contributed by atoms with van der Waals surface area (Å²) < 4.78 is 25.7. The lowest BCUT2D eigenvalue weighted by atomic mass is 10.1. The predicted molar refractivity (Wildman–Crippen MR) is 74.6 cm³/mol. The number of nitrogen functional groups attached to an aromatic ring is 1. The van der Waals surface area contributed by atoms with Crippen LogP contribution in [0.5, 0.6) is 0 Å². The molecule has 2 rings (SSSR count). The monoisotopic (exact) mass is 285 g/mol. The second-order valence-corrected chi connectivity index (χ2v) is 6.53. The normalized spacial score (nSPS) is 20.5. The van der Waals surface area contributed by atoms with Crippen molar-refractivity contribution >= 4 is 21.4 Å². The Morgan fingerprint density at radius 2 is 2.21 bits per heavy atom. The summed E-state index contributed by atoms with van der Waals surface area (Å²) in [7, 11) is -2.18. The van der Waals surface area contributed by atoms with Crippen molar-refractivity contribution in [2.24, 2.45) is 0 Å².